The Morgan fingerprint density at radius 2 is 0.596 bits per heavy atom. The molecule has 2 aromatic carbocycles. The van der Waals surface area contributed by atoms with Crippen LogP contribution in [0.1, 0.15) is 235 Å². The third-order valence-corrected chi connectivity index (χ3v) is 10.0. The van der Waals surface area contributed by atoms with Gasteiger partial charge in [0.15, 0.2) is 0 Å². The van der Waals surface area contributed by atoms with Crippen LogP contribution in [0.15, 0.2) is 12.1 Å². The van der Waals surface area contributed by atoms with Crippen LogP contribution in [-0.2, 0) is 49.7 Å². The fourth-order valence-electron chi connectivity index (χ4n) is 8.24. The van der Waals surface area contributed by atoms with Crippen molar-refractivity contribution in [3.63, 3.8) is 0 Å². The van der Waals surface area contributed by atoms with Crippen molar-refractivity contribution >= 4 is 0 Å². The van der Waals surface area contributed by atoms with Crippen molar-refractivity contribution in [1.29, 1.82) is 0 Å². The molecular formula is C47H80. The van der Waals surface area contributed by atoms with E-state index in [0.717, 1.165) is 6.42 Å². The summed E-state index contributed by atoms with van der Waals surface area (Å²) in [7, 11) is 0. The van der Waals surface area contributed by atoms with Gasteiger partial charge in [0.25, 0.3) is 0 Å². The summed E-state index contributed by atoms with van der Waals surface area (Å²) >= 11 is 0. The highest BCUT2D eigenvalue weighted by Gasteiger charge is 2.43. The molecule has 0 aliphatic rings. The highest BCUT2D eigenvalue weighted by Crippen LogP contribution is 2.53. The van der Waals surface area contributed by atoms with Crippen LogP contribution in [-0.4, -0.2) is 0 Å². The largest absolute Gasteiger partial charge is 0.0581 e. The number of hydrogen-bond acceptors (Lipinski definition) is 0. The quantitative estimate of drug-likeness (QED) is 0.312. The van der Waals surface area contributed by atoms with Gasteiger partial charge in [0.2, 0.25) is 0 Å². The van der Waals surface area contributed by atoms with Gasteiger partial charge in [0.1, 0.15) is 0 Å². The van der Waals surface area contributed by atoms with Crippen molar-refractivity contribution in [3.8, 4) is 0 Å². The minimum absolute atomic E-state index is 0.00393. The molecule has 0 spiro atoms. The standard InChI is InChI=1S/C47H80/c1-29(30-27-33(41(5,6)7)34(42(8,9)10)28-32(30)40(2,3)4)26-31-35(43(11,12)13)37(45(17,18)19)39(47(23,24)25)38(46(20,21)22)36(31)44(14,15)16/h27-29H,26H2,1-25H3. The summed E-state index contributed by atoms with van der Waals surface area (Å²) in [5, 5.41) is 0. The molecule has 0 aliphatic heterocycles. The first-order valence-electron chi connectivity index (χ1n) is 18.8. The molecule has 1 atom stereocenters. The van der Waals surface area contributed by atoms with Gasteiger partial charge in [-0.2, -0.15) is 0 Å². The van der Waals surface area contributed by atoms with Crippen molar-refractivity contribution in [2.45, 2.75) is 229 Å². The van der Waals surface area contributed by atoms with E-state index in [1.807, 2.05) is 0 Å². The van der Waals surface area contributed by atoms with E-state index in [0.29, 0.717) is 5.92 Å². The summed E-state index contributed by atoms with van der Waals surface area (Å²) in [6.45, 7) is 61.1. The van der Waals surface area contributed by atoms with E-state index in [9.17, 15) is 0 Å². The summed E-state index contributed by atoms with van der Waals surface area (Å²) in [6.07, 6.45) is 1.04. The lowest BCUT2D eigenvalue weighted by molar-refractivity contribution is 0.451. The molecule has 0 nitrogen and oxygen atoms in total. The zero-order valence-corrected chi connectivity index (χ0v) is 36.4. The average molecular weight is 645 g/mol. The Morgan fingerprint density at radius 3 is 0.851 bits per heavy atom. The minimum Gasteiger partial charge on any atom is -0.0581 e. The molecule has 0 N–H and O–H groups in total. The van der Waals surface area contributed by atoms with Gasteiger partial charge in [-0.15, -0.1) is 0 Å². The van der Waals surface area contributed by atoms with Crippen LogP contribution in [0.3, 0.4) is 0 Å². The second kappa shape index (κ2) is 12.3. The summed E-state index contributed by atoms with van der Waals surface area (Å²) in [5.41, 5.74) is 15.8. The molecule has 2 rings (SSSR count). The average Bonchev–Trinajstić information content (AvgIpc) is 2.76. The number of rotatable bonds is 3. The molecule has 0 heterocycles. The molecule has 0 saturated carbocycles. The van der Waals surface area contributed by atoms with Crippen molar-refractivity contribution in [2.75, 3.05) is 0 Å². The van der Waals surface area contributed by atoms with Gasteiger partial charge in [-0.1, -0.05) is 185 Å². The molecular weight excluding hydrogens is 565 g/mol. The van der Waals surface area contributed by atoms with Gasteiger partial charge in [0.05, 0.1) is 0 Å². The Morgan fingerprint density at radius 1 is 0.340 bits per heavy atom. The van der Waals surface area contributed by atoms with E-state index < -0.39 is 0 Å². The predicted octanol–water partition coefficient (Wildman–Crippen LogP) is 14.4. The van der Waals surface area contributed by atoms with Gasteiger partial charge in [-0.25, -0.2) is 0 Å². The molecule has 0 aromatic heterocycles. The van der Waals surface area contributed by atoms with Crippen molar-refractivity contribution in [2.24, 2.45) is 0 Å². The summed E-state index contributed by atoms with van der Waals surface area (Å²) in [5.74, 6) is 0.364. The van der Waals surface area contributed by atoms with Gasteiger partial charge in [-0.3, -0.25) is 0 Å². The lowest BCUT2D eigenvalue weighted by Gasteiger charge is -2.46. The summed E-state index contributed by atoms with van der Waals surface area (Å²) in [6, 6.07) is 5.24. The number of hydrogen-bond donors (Lipinski definition) is 0. The predicted molar refractivity (Wildman–Crippen MR) is 215 cm³/mol. The Balaban J connectivity index is 3.37. The van der Waals surface area contributed by atoms with Crippen molar-refractivity contribution in [3.05, 3.63) is 67.8 Å². The van der Waals surface area contributed by atoms with Crippen LogP contribution in [0.5, 0.6) is 0 Å². The molecule has 1 unspecified atom stereocenters. The maximum absolute atomic E-state index is 2.64. The van der Waals surface area contributed by atoms with Crippen LogP contribution in [0.25, 0.3) is 0 Å². The fourth-order valence-corrected chi connectivity index (χ4v) is 8.24. The van der Waals surface area contributed by atoms with E-state index in [1.54, 1.807) is 33.4 Å². The second-order valence-electron chi connectivity index (χ2n) is 23.4. The summed E-state index contributed by atoms with van der Waals surface area (Å²) < 4.78 is 0. The van der Waals surface area contributed by atoms with E-state index in [4.69, 9.17) is 0 Å². The molecule has 0 bridgehead atoms. The zero-order valence-electron chi connectivity index (χ0n) is 36.4. The SMILES string of the molecule is CC(Cc1c(C(C)(C)C)c(C(C)(C)C)c(C(C)(C)C)c(C(C)(C)C)c1C(C)(C)C)c1cc(C(C)(C)C)c(C(C)(C)C)cc1C(C)(C)C. The van der Waals surface area contributed by atoms with E-state index in [-0.39, 0.29) is 43.3 Å². The van der Waals surface area contributed by atoms with Gasteiger partial charge >= 0.3 is 0 Å². The molecule has 47 heavy (non-hydrogen) atoms. The van der Waals surface area contributed by atoms with E-state index in [2.05, 4.69) is 185 Å². The molecule has 0 radical (unpaired) electrons. The van der Waals surface area contributed by atoms with Crippen molar-refractivity contribution < 1.29 is 0 Å². The molecule has 0 amide bonds. The lowest BCUT2D eigenvalue weighted by Crippen LogP contribution is -2.37. The molecule has 0 fully saturated rings. The smallest absolute Gasteiger partial charge is 0.0126 e. The normalized spacial score (nSPS) is 15.3. The first-order chi connectivity index (χ1) is 20.3. The molecule has 268 valence electrons. The highest BCUT2D eigenvalue weighted by atomic mass is 14.5. The maximum Gasteiger partial charge on any atom is -0.0126 e. The third-order valence-electron chi connectivity index (χ3n) is 10.0. The monoisotopic (exact) mass is 645 g/mol. The molecule has 2 aromatic rings. The maximum atomic E-state index is 2.64. The highest BCUT2D eigenvalue weighted by molar-refractivity contribution is 5.63. The van der Waals surface area contributed by atoms with Gasteiger partial charge in [0, 0.05) is 0 Å². The fraction of sp³-hybridized carbons (Fsp3) is 0.745. The molecule has 0 saturated heterocycles. The van der Waals surface area contributed by atoms with E-state index >= 15 is 0 Å². The Bertz CT molecular complexity index is 1380. The van der Waals surface area contributed by atoms with Gasteiger partial charge in [-0.05, 0) is 111 Å². The first kappa shape index (κ1) is 41.6. The molecule has 0 aliphatic carbocycles. The van der Waals surface area contributed by atoms with Crippen LogP contribution >= 0.6 is 0 Å². The second-order valence-corrected chi connectivity index (χ2v) is 23.4. The van der Waals surface area contributed by atoms with Crippen LogP contribution in [0.4, 0.5) is 0 Å². The molecule has 0 heteroatoms. The third kappa shape index (κ3) is 8.97. The Labute approximate surface area is 295 Å². The van der Waals surface area contributed by atoms with E-state index in [1.165, 1.54) is 22.3 Å². The van der Waals surface area contributed by atoms with Crippen molar-refractivity contribution in [1.82, 2.24) is 0 Å². The van der Waals surface area contributed by atoms with Crippen LogP contribution in [0, 0.1) is 0 Å². The Hall–Kier alpha value is -1.56. The lowest BCUT2D eigenvalue weighted by atomic mass is 9.58. The van der Waals surface area contributed by atoms with Crippen LogP contribution < -0.4 is 0 Å². The topological polar surface area (TPSA) is 0 Å². The zero-order chi connectivity index (χ0) is 37.5. The summed E-state index contributed by atoms with van der Waals surface area (Å²) in [4.78, 5) is 0. The minimum atomic E-state index is -0.00635. The Kier molecular flexibility index (Phi) is 10.9. The number of benzene rings is 2. The van der Waals surface area contributed by atoms with Crippen LogP contribution in [0.2, 0.25) is 0 Å². The first-order valence-corrected chi connectivity index (χ1v) is 18.8. The van der Waals surface area contributed by atoms with Gasteiger partial charge < -0.3 is 0 Å².